The van der Waals surface area contributed by atoms with E-state index in [0.717, 1.165) is 0 Å². The predicted octanol–water partition coefficient (Wildman–Crippen LogP) is 2.28. The van der Waals surface area contributed by atoms with Crippen molar-refractivity contribution in [3.63, 3.8) is 0 Å². The van der Waals surface area contributed by atoms with Crippen molar-refractivity contribution < 1.29 is 22.5 Å². The standard InChI is InChI=1S/C20H20N4O5S/c25-20(28-14-18-22-19(23-29-18)16-5-4-10-21-13-16)15-8-11-24(12-9-15)30(26,27)17-6-2-1-3-7-17/h1-7,10,13,15H,8-9,11-12,14H2. The van der Waals surface area contributed by atoms with Crippen molar-refractivity contribution in [2.45, 2.75) is 24.3 Å². The SMILES string of the molecule is O=C(OCc1nc(-c2cccnc2)no1)C1CCN(S(=O)(=O)c2ccccc2)CC1. The molecule has 0 radical (unpaired) electrons. The van der Waals surface area contributed by atoms with E-state index >= 15 is 0 Å². The van der Waals surface area contributed by atoms with Crippen molar-refractivity contribution in [3.8, 4) is 11.4 Å². The largest absolute Gasteiger partial charge is 0.455 e. The summed E-state index contributed by atoms with van der Waals surface area (Å²) in [5.74, 6) is -0.208. The van der Waals surface area contributed by atoms with Crippen LogP contribution in [0.1, 0.15) is 18.7 Å². The molecule has 0 aliphatic carbocycles. The number of ether oxygens (including phenoxy) is 1. The molecule has 30 heavy (non-hydrogen) atoms. The number of carbonyl (C=O) groups is 1. The molecule has 1 aliphatic heterocycles. The molecule has 0 bridgehead atoms. The van der Waals surface area contributed by atoms with Crippen molar-refractivity contribution in [2.75, 3.05) is 13.1 Å². The van der Waals surface area contributed by atoms with Crippen molar-refractivity contribution in [1.82, 2.24) is 19.4 Å². The molecule has 4 rings (SSSR count). The van der Waals surface area contributed by atoms with Gasteiger partial charge in [-0.15, -0.1) is 0 Å². The number of aromatic nitrogens is 3. The Morgan fingerprint density at radius 2 is 1.90 bits per heavy atom. The first-order chi connectivity index (χ1) is 14.5. The second kappa shape index (κ2) is 8.72. The summed E-state index contributed by atoms with van der Waals surface area (Å²) in [5, 5.41) is 3.85. The normalized spacial score (nSPS) is 15.7. The van der Waals surface area contributed by atoms with Gasteiger partial charge in [-0.25, -0.2) is 8.42 Å². The van der Waals surface area contributed by atoms with Crippen LogP contribution in [-0.4, -0.2) is 46.9 Å². The summed E-state index contributed by atoms with van der Waals surface area (Å²) in [4.78, 5) is 20.8. The van der Waals surface area contributed by atoms with Crippen LogP contribution in [0.2, 0.25) is 0 Å². The molecule has 156 valence electrons. The first-order valence-electron chi connectivity index (χ1n) is 9.49. The number of pyridine rings is 1. The fourth-order valence-electron chi connectivity index (χ4n) is 3.25. The molecular formula is C20H20N4O5S. The quantitative estimate of drug-likeness (QED) is 0.549. The van der Waals surface area contributed by atoms with Gasteiger partial charge in [0.1, 0.15) is 0 Å². The molecule has 9 nitrogen and oxygen atoms in total. The summed E-state index contributed by atoms with van der Waals surface area (Å²) in [6.07, 6.45) is 4.05. The van der Waals surface area contributed by atoms with Crippen LogP contribution in [0.15, 0.2) is 64.3 Å². The number of carbonyl (C=O) groups excluding carboxylic acids is 1. The van der Waals surface area contributed by atoms with Crippen molar-refractivity contribution in [2.24, 2.45) is 5.92 Å². The average Bonchev–Trinajstić information content (AvgIpc) is 3.28. The van der Waals surface area contributed by atoms with Gasteiger partial charge in [-0.3, -0.25) is 9.78 Å². The van der Waals surface area contributed by atoms with E-state index < -0.39 is 16.0 Å². The number of rotatable bonds is 6. The van der Waals surface area contributed by atoms with Gasteiger partial charge in [0, 0.05) is 31.0 Å². The Morgan fingerprint density at radius 3 is 2.60 bits per heavy atom. The number of hydrogen-bond acceptors (Lipinski definition) is 8. The summed E-state index contributed by atoms with van der Waals surface area (Å²) in [5.41, 5.74) is 0.700. The summed E-state index contributed by atoms with van der Waals surface area (Å²) in [6.45, 7) is 0.403. The third kappa shape index (κ3) is 4.39. The van der Waals surface area contributed by atoms with Gasteiger partial charge in [-0.2, -0.15) is 9.29 Å². The van der Waals surface area contributed by atoms with Crippen LogP contribution < -0.4 is 0 Å². The van der Waals surface area contributed by atoms with Gasteiger partial charge >= 0.3 is 5.97 Å². The molecule has 0 spiro atoms. The lowest BCUT2D eigenvalue weighted by Gasteiger charge is -2.30. The third-order valence-electron chi connectivity index (χ3n) is 4.89. The van der Waals surface area contributed by atoms with Gasteiger partial charge in [0.15, 0.2) is 6.61 Å². The van der Waals surface area contributed by atoms with E-state index in [0.29, 0.717) is 24.2 Å². The summed E-state index contributed by atoms with van der Waals surface area (Å²) >= 11 is 0. The van der Waals surface area contributed by atoms with E-state index in [1.54, 1.807) is 54.9 Å². The van der Waals surface area contributed by atoms with Gasteiger partial charge < -0.3 is 9.26 Å². The Labute approximate surface area is 173 Å². The summed E-state index contributed by atoms with van der Waals surface area (Å²) in [6, 6.07) is 11.8. The predicted molar refractivity (Wildman–Crippen MR) is 105 cm³/mol. The number of benzene rings is 1. The molecule has 0 saturated carbocycles. The highest BCUT2D eigenvalue weighted by Crippen LogP contribution is 2.25. The molecule has 0 N–H and O–H groups in total. The molecule has 0 unspecified atom stereocenters. The van der Waals surface area contributed by atoms with Crippen LogP contribution in [0.3, 0.4) is 0 Å². The molecule has 0 amide bonds. The molecule has 1 saturated heterocycles. The maximum Gasteiger partial charge on any atom is 0.309 e. The molecular weight excluding hydrogens is 408 g/mol. The molecule has 0 atom stereocenters. The highest BCUT2D eigenvalue weighted by atomic mass is 32.2. The van der Waals surface area contributed by atoms with Gasteiger partial charge in [-0.1, -0.05) is 23.4 Å². The Bertz CT molecular complexity index is 1090. The highest BCUT2D eigenvalue weighted by molar-refractivity contribution is 7.89. The lowest BCUT2D eigenvalue weighted by molar-refractivity contribution is -0.152. The van der Waals surface area contributed by atoms with Crippen molar-refractivity contribution in [3.05, 3.63) is 60.7 Å². The molecule has 1 aliphatic rings. The maximum atomic E-state index is 12.7. The van der Waals surface area contributed by atoms with Crippen LogP contribution in [0.25, 0.3) is 11.4 Å². The smallest absolute Gasteiger partial charge is 0.309 e. The summed E-state index contributed by atoms with van der Waals surface area (Å²) < 4.78 is 37.2. The van der Waals surface area contributed by atoms with E-state index in [1.165, 1.54) is 4.31 Å². The molecule has 10 heteroatoms. The van der Waals surface area contributed by atoms with E-state index in [-0.39, 0.29) is 36.4 Å². The number of piperidine rings is 1. The molecule has 3 aromatic rings. The zero-order valence-corrected chi connectivity index (χ0v) is 16.9. The Morgan fingerprint density at radius 1 is 1.13 bits per heavy atom. The lowest BCUT2D eigenvalue weighted by Crippen LogP contribution is -2.40. The second-order valence-electron chi connectivity index (χ2n) is 6.85. The van der Waals surface area contributed by atoms with E-state index in [4.69, 9.17) is 9.26 Å². The highest BCUT2D eigenvalue weighted by Gasteiger charge is 2.32. The minimum atomic E-state index is -3.55. The van der Waals surface area contributed by atoms with E-state index in [1.807, 2.05) is 0 Å². The number of hydrogen-bond donors (Lipinski definition) is 0. The molecule has 1 fully saturated rings. The first kappa shape index (κ1) is 20.2. The van der Waals surface area contributed by atoms with Gasteiger partial charge in [0.25, 0.3) is 5.89 Å². The van der Waals surface area contributed by atoms with Crippen molar-refractivity contribution >= 4 is 16.0 Å². The third-order valence-corrected chi connectivity index (χ3v) is 6.81. The van der Waals surface area contributed by atoms with Crippen molar-refractivity contribution in [1.29, 1.82) is 0 Å². The minimum Gasteiger partial charge on any atom is -0.455 e. The van der Waals surface area contributed by atoms with Gasteiger partial charge in [0.2, 0.25) is 15.8 Å². The van der Waals surface area contributed by atoms with Crippen LogP contribution >= 0.6 is 0 Å². The molecule has 3 heterocycles. The first-order valence-corrected chi connectivity index (χ1v) is 10.9. The van der Waals surface area contributed by atoms with Crippen LogP contribution in [-0.2, 0) is 26.2 Å². The number of esters is 1. The van der Waals surface area contributed by atoms with Crippen LogP contribution in [0.4, 0.5) is 0 Å². The number of sulfonamides is 1. The zero-order chi connectivity index (χ0) is 21.0. The van der Waals surface area contributed by atoms with Gasteiger partial charge in [-0.05, 0) is 37.1 Å². The zero-order valence-electron chi connectivity index (χ0n) is 16.0. The Kier molecular flexibility index (Phi) is 5.86. The van der Waals surface area contributed by atoms with Crippen LogP contribution in [0, 0.1) is 5.92 Å². The van der Waals surface area contributed by atoms with Crippen LogP contribution in [0.5, 0.6) is 0 Å². The monoisotopic (exact) mass is 428 g/mol. The molecule has 2 aromatic heterocycles. The number of nitrogens with zero attached hydrogens (tertiary/aromatic N) is 4. The minimum absolute atomic E-state index is 0.130. The fraction of sp³-hybridized carbons (Fsp3) is 0.300. The fourth-order valence-corrected chi connectivity index (χ4v) is 4.74. The van der Waals surface area contributed by atoms with E-state index in [2.05, 4.69) is 15.1 Å². The van der Waals surface area contributed by atoms with Gasteiger partial charge in [0.05, 0.1) is 10.8 Å². The average molecular weight is 428 g/mol. The lowest BCUT2D eigenvalue weighted by atomic mass is 9.98. The topological polar surface area (TPSA) is 115 Å². The summed E-state index contributed by atoms with van der Waals surface area (Å²) in [7, 11) is -3.55. The molecule has 1 aromatic carbocycles. The Hall–Kier alpha value is -3.11. The maximum absolute atomic E-state index is 12.7. The van der Waals surface area contributed by atoms with E-state index in [9.17, 15) is 13.2 Å². The Balaban J connectivity index is 1.29. The second-order valence-corrected chi connectivity index (χ2v) is 8.79.